The fraction of sp³-hybridized carbons (Fsp3) is 0.667. The van der Waals surface area contributed by atoms with E-state index >= 15 is 0 Å². The maximum absolute atomic E-state index is 13.1. The number of hydrogen-bond acceptors (Lipinski definition) is 1. The van der Waals surface area contributed by atoms with E-state index < -0.39 is 0 Å². The van der Waals surface area contributed by atoms with E-state index in [2.05, 4.69) is 33.0 Å². The van der Waals surface area contributed by atoms with Gasteiger partial charge in [-0.1, -0.05) is 39.8 Å². The fourth-order valence-corrected chi connectivity index (χ4v) is 3.49. The highest BCUT2D eigenvalue weighted by molar-refractivity contribution is 5.20. The molecule has 1 N–H and O–H groups in total. The highest BCUT2D eigenvalue weighted by Gasteiger charge is 2.28. The van der Waals surface area contributed by atoms with Crippen molar-refractivity contribution in [3.8, 4) is 0 Å². The first kappa shape index (κ1) is 15.5. The van der Waals surface area contributed by atoms with E-state index in [9.17, 15) is 4.39 Å². The lowest BCUT2D eigenvalue weighted by Crippen LogP contribution is -2.42. The van der Waals surface area contributed by atoms with Crippen LogP contribution in [0.15, 0.2) is 24.3 Å². The van der Waals surface area contributed by atoms with E-state index in [-0.39, 0.29) is 5.82 Å². The highest BCUT2D eigenvalue weighted by Crippen LogP contribution is 2.32. The Kier molecular flexibility index (Phi) is 5.20. The minimum atomic E-state index is -0.156. The predicted molar refractivity (Wildman–Crippen MR) is 83.1 cm³/mol. The summed E-state index contributed by atoms with van der Waals surface area (Å²) in [6, 6.07) is 7.88. The van der Waals surface area contributed by atoms with Crippen molar-refractivity contribution in [3.63, 3.8) is 0 Å². The van der Waals surface area contributed by atoms with Gasteiger partial charge in [0.2, 0.25) is 0 Å². The molecule has 1 nitrogen and oxygen atoms in total. The fourth-order valence-electron chi connectivity index (χ4n) is 3.49. The summed E-state index contributed by atoms with van der Waals surface area (Å²) in [4.78, 5) is 0. The molecule has 0 radical (unpaired) electrons. The van der Waals surface area contributed by atoms with Crippen LogP contribution in [0.3, 0.4) is 0 Å². The highest BCUT2D eigenvalue weighted by atomic mass is 19.1. The summed E-state index contributed by atoms with van der Waals surface area (Å²) in [7, 11) is 0. The van der Waals surface area contributed by atoms with Gasteiger partial charge >= 0.3 is 0 Å². The molecule has 0 spiro atoms. The number of hydrogen-bond donors (Lipinski definition) is 1. The summed E-state index contributed by atoms with van der Waals surface area (Å²) in [5, 5.41) is 3.84. The van der Waals surface area contributed by atoms with Crippen molar-refractivity contribution in [1.29, 1.82) is 0 Å². The molecule has 1 fully saturated rings. The largest absolute Gasteiger partial charge is 0.307 e. The summed E-state index contributed by atoms with van der Waals surface area (Å²) >= 11 is 0. The quantitative estimate of drug-likeness (QED) is 0.822. The maximum atomic E-state index is 13.1. The van der Waals surface area contributed by atoms with Gasteiger partial charge in [-0.2, -0.15) is 0 Å². The van der Waals surface area contributed by atoms with Crippen LogP contribution in [0, 0.1) is 23.6 Å². The number of halogens is 1. The van der Waals surface area contributed by atoms with Crippen LogP contribution in [-0.4, -0.2) is 6.04 Å². The second-order valence-electron chi connectivity index (χ2n) is 6.94. The van der Waals surface area contributed by atoms with E-state index in [0.29, 0.717) is 18.0 Å². The second-order valence-corrected chi connectivity index (χ2v) is 6.94. The third-order valence-electron chi connectivity index (χ3n) is 4.72. The molecule has 0 amide bonds. The maximum Gasteiger partial charge on any atom is 0.123 e. The Morgan fingerprint density at radius 1 is 1.10 bits per heavy atom. The van der Waals surface area contributed by atoms with Crippen molar-refractivity contribution >= 4 is 0 Å². The van der Waals surface area contributed by atoms with Crippen LogP contribution in [0.1, 0.15) is 58.6 Å². The molecule has 1 aromatic carbocycles. The molecular formula is C18H28FN. The molecule has 4 unspecified atom stereocenters. The Morgan fingerprint density at radius 3 is 2.30 bits per heavy atom. The van der Waals surface area contributed by atoms with E-state index in [1.165, 1.54) is 24.8 Å². The van der Waals surface area contributed by atoms with Crippen LogP contribution in [0.25, 0.3) is 0 Å². The zero-order valence-electron chi connectivity index (χ0n) is 13.2. The summed E-state index contributed by atoms with van der Waals surface area (Å²) in [6.45, 7) is 9.18. The Labute approximate surface area is 123 Å². The summed E-state index contributed by atoms with van der Waals surface area (Å²) in [6.07, 6.45) is 3.88. The van der Waals surface area contributed by atoms with Crippen molar-refractivity contribution in [3.05, 3.63) is 35.6 Å². The van der Waals surface area contributed by atoms with Crippen molar-refractivity contribution < 1.29 is 4.39 Å². The average molecular weight is 277 g/mol. The zero-order chi connectivity index (χ0) is 14.7. The van der Waals surface area contributed by atoms with E-state index in [0.717, 1.165) is 11.8 Å². The standard InChI is InChI=1S/C18H28FN/c1-12(2)18(15-6-8-16(19)9-7-15)20-17-10-5-13(3)11-14(17)4/h6-9,12-14,17-18,20H,5,10-11H2,1-4H3. The SMILES string of the molecule is CC1CCC(NC(c2ccc(F)cc2)C(C)C)C(C)C1. The molecule has 1 aromatic rings. The van der Waals surface area contributed by atoms with Crippen molar-refractivity contribution in [2.75, 3.05) is 0 Å². The third kappa shape index (κ3) is 3.82. The molecule has 0 saturated heterocycles. The molecule has 4 atom stereocenters. The second kappa shape index (κ2) is 6.71. The molecule has 1 aliphatic rings. The first-order chi connectivity index (χ1) is 9.47. The van der Waals surface area contributed by atoms with Crippen molar-refractivity contribution in [2.24, 2.45) is 17.8 Å². The molecule has 1 aliphatic carbocycles. The van der Waals surface area contributed by atoms with Gasteiger partial charge in [-0.05, 0) is 54.7 Å². The van der Waals surface area contributed by atoms with Gasteiger partial charge in [0.05, 0.1) is 0 Å². The monoisotopic (exact) mass is 277 g/mol. The zero-order valence-corrected chi connectivity index (χ0v) is 13.2. The topological polar surface area (TPSA) is 12.0 Å². The summed E-state index contributed by atoms with van der Waals surface area (Å²) in [5.74, 6) is 1.93. The molecule has 1 saturated carbocycles. The molecule has 112 valence electrons. The van der Waals surface area contributed by atoms with Gasteiger partial charge in [0.1, 0.15) is 5.82 Å². The van der Waals surface area contributed by atoms with E-state index in [4.69, 9.17) is 0 Å². The van der Waals surface area contributed by atoms with Crippen LogP contribution in [0.4, 0.5) is 4.39 Å². The lowest BCUT2D eigenvalue weighted by atomic mass is 9.79. The minimum Gasteiger partial charge on any atom is -0.307 e. The van der Waals surface area contributed by atoms with Crippen LogP contribution in [-0.2, 0) is 0 Å². The Hall–Kier alpha value is -0.890. The molecule has 20 heavy (non-hydrogen) atoms. The molecule has 0 heterocycles. The Morgan fingerprint density at radius 2 is 1.75 bits per heavy atom. The lowest BCUT2D eigenvalue weighted by molar-refractivity contribution is 0.200. The first-order valence-electron chi connectivity index (χ1n) is 7.99. The third-order valence-corrected chi connectivity index (χ3v) is 4.72. The smallest absolute Gasteiger partial charge is 0.123 e. The van der Waals surface area contributed by atoms with Gasteiger partial charge in [-0.3, -0.25) is 0 Å². The van der Waals surface area contributed by atoms with Gasteiger partial charge in [-0.25, -0.2) is 4.39 Å². The molecule has 0 aliphatic heterocycles. The van der Waals surface area contributed by atoms with Gasteiger partial charge in [-0.15, -0.1) is 0 Å². The Balaban J connectivity index is 2.08. The summed E-state index contributed by atoms with van der Waals surface area (Å²) in [5.41, 5.74) is 1.20. The normalized spacial score (nSPS) is 28.6. The molecule has 0 aromatic heterocycles. The van der Waals surface area contributed by atoms with Gasteiger partial charge in [0.15, 0.2) is 0 Å². The van der Waals surface area contributed by atoms with E-state index in [1.807, 2.05) is 12.1 Å². The Bertz CT molecular complexity index is 412. The van der Waals surface area contributed by atoms with Crippen molar-refractivity contribution in [1.82, 2.24) is 5.32 Å². The van der Waals surface area contributed by atoms with Crippen LogP contribution < -0.4 is 5.32 Å². The average Bonchev–Trinajstić information content (AvgIpc) is 2.39. The molecule has 2 heteroatoms. The predicted octanol–water partition coefficient (Wildman–Crippen LogP) is 4.94. The number of nitrogens with one attached hydrogen (secondary N) is 1. The lowest BCUT2D eigenvalue weighted by Gasteiger charge is -2.37. The molecular weight excluding hydrogens is 249 g/mol. The first-order valence-corrected chi connectivity index (χ1v) is 7.99. The number of rotatable bonds is 4. The summed E-state index contributed by atoms with van der Waals surface area (Å²) < 4.78 is 13.1. The van der Waals surface area contributed by atoms with Gasteiger partial charge < -0.3 is 5.32 Å². The van der Waals surface area contributed by atoms with Gasteiger partial charge in [0.25, 0.3) is 0 Å². The van der Waals surface area contributed by atoms with Crippen LogP contribution >= 0.6 is 0 Å². The van der Waals surface area contributed by atoms with Crippen LogP contribution in [0.5, 0.6) is 0 Å². The van der Waals surface area contributed by atoms with E-state index in [1.54, 1.807) is 12.1 Å². The number of benzene rings is 1. The van der Waals surface area contributed by atoms with Gasteiger partial charge in [0, 0.05) is 12.1 Å². The molecule has 0 bridgehead atoms. The van der Waals surface area contributed by atoms with Crippen LogP contribution in [0.2, 0.25) is 0 Å². The molecule has 2 rings (SSSR count). The van der Waals surface area contributed by atoms with Crippen molar-refractivity contribution in [2.45, 2.75) is 59.0 Å². The minimum absolute atomic E-state index is 0.156.